The lowest BCUT2D eigenvalue weighted by molar-refractivity contribution is -0.138. The Balaban J connectivity index is 1.93. The summed E-state index contributed by atoms with van der Waals surface area (Å²) in [5.74, 6) is -0.671. The molecule has 0 bridgehead atoms. The van der Waals surface area contributed by atoms with E-state index >= 15 is 0 Å². The van der Waals surface area contributed by atoms with Gasteiger partial charge in [-0.3, -0.25) is 9.59 Å². The van der Waals surface area contributed by atoms with E-state index in [9.17, 15) is 9.59 Å². The Hall–Kier alpha value is -1.84. The fourth-order valence-corrected chi connectivity index (χ4v) is 2.81. The number of hydrogen-bond donors (Lipinski definition) is 1. The molecular weight excluding hydrogens is 266 g/mol. The first-order valence-electron chi connectivity index (χ1n) is 7.70. The van der Waals surface area contributed by atoms with Gasteiger partial charge in [0.05, 0.1) is 0 Å². The third-order valence-corrected chi connectivity index (χ3v) is 4.06. The van der Waals surface area contributed by atoms with E-state index in [0.29, 0.717) is 18.7 Å². The van der Waals surface area contributed by atoms with Gasteiger partial charge in [0.25, 0.3) is 5.91 Å². The van der Waals surface area contributed by atoms with Crippen LogP contribution in [0.3, 0.4) is 0 Å². The molecule has 4 nitrogen and oxygen atoms in total. The van der Waals surface area contributed by atoms with Gasteiger partial charge in [0.2, 0.25) is 0 Å². The van der Waals surface area contributed by atoms with Crippen molar-refractivity contribution in [2.45, 2.75) is 39.0 Å². The van der Waals surface area contributed by atoms with E-state index in [1.54, 1.807) is 4.90 Å². The minimum atomic E-state index is -0.783. The van der Waals surface area contributed by atoms with Gasteiger partial charge in [0.15, 0.2) is 0 Å². The molecule has 1 heterocycles. The highest BCUT2D eigenvalue weighted by atomic mass is 16.4. The van der Waals surface area contributed by atoms with E-state index in [-0.39, 0.29) is 18.2 Å². The number of nitrogens with zero attached hydrogens (tertiary/aromatic N) is 1. The lowest BCUT2D eigenvalue weighted by Crippen LogP contribution is -2.29. The number of carboxylic acids is 1. The Labute approximate surface area is 125 Å². The second-order valence-corrected chi connectivity index (χ2v) is 5.80. The number of carbonyl (C=O) groups excluding carboxylic acids is 1. The number of rotatable bonds is 6. The minimum Gasteiger partial charge on any atom is -0.481 e. The largest absolute Gasteiger partial charge is 0.481 e. The van der Waals surface area contributed by atoms with Crippen LogP contribution < -0.4 is 0 Å². The summed E-state index contributed by atoms with van der Waals surface area (Å²) in [5, 5.41) is 8.81. The zero-order valence-corrected chi connectivity index (χ0v) is 12.5. The predicted molar refractivity (Wildman–Crippen MR) is 81.3 cm³/mol. The maximum Gasteiger partial charge on any atom is 0.303 e. The summed E-state index contributed by atoms with van der Waals surface area (Å²) in [6.45, 7) is 3.38. The van der Waals surface area contributed by atoms with Crippen LogP contribution in [0.4, 0.5) is 0 Å². The van der Waals surface area contributed by atoms with Crippen molar-refractivity contribution in [2.24, 2.45) is 5.92 Å². The molecule has 21 heavy (non-hydrogen) atoms. The number of hydrogen-bond acceptors (Lipinski definition) is 2. The predicted octanol–water partition coefficient (Wildman–Crippen LogP) is 2.97. The van der Waals surface area contributed by atoms with Gasteiger partial charge in [0, 0.05) is 25.1 Å². The zero-order chi connectivity index (χ0) is 15.2. The zero-order valence-electron chi connectivity index (χ0n) is 12.5. The first kappa shape index (κ1) is 15.5. The van der Waals surface area contributed by atoms with Gasteiger partial charge in [-0.2, -0.15) is 0 Å². The van der Waals surface area contributed by atoms with Crippen LogP contribution in [0, 0.1) is 5.92 Å². The highest BCUT2D eigenvalue weighted by Gasteiger charge is 2.28. The van der Waals surface area contributed by atoms with Crippen LogP contribution in [-0.4, -0.2) is 35.0 Å². The highest BCUT2D eigenvalue weighted by Crippen LogP contribution is 2.21. The smallest absolute Gasteiger partial charge is 0.303 e. The molecule has 2 rings (SSSR count). The minimum absolute atomic E-state index is 0.0185. The average molecular weight is 289 g/mol. The standard InChI is InChI=1S/C17H23NO3/c1-2-3-4-13-5-7-15(8-6-13)17(21)18-10-9-14(12-18)11-16(19)20/h5-8,14H,2-4,9-12H2,1H3,(H,19,20). The topological polar surface area (TPSA) is 57.6 Å². The quantitative estimate of drug-likeness (QED) is 0.876. The molecule has 0 saturated carbocycles. The van der Waals surface area contributed by atoms with Gasteiger partial charge in [-0.05, 0) is 42.9 Å². The Morgan fingerprint density at radius 2 is 2.00 bits per heavy atom. The lowest BCUT2D eigenvalue weighted by Gasteiger charge is -2.16. The highest BCUT2D eigenvalue weighted by molar-refractivity contribution is 5.94. The van der Waals surface area contributed by atoms with Crippen LogP contribution in [0.2, 0.25) is 0 Å². The van der Waals surface area contributed by atoms with Crippen molar-refractivity contribution < 1.29 is 14.7 Å². The SMILES string of the molecule is CCCCc1ccc(C(=O)N2CCC(CC(=O)O)C2)cc1. The Kier molecular flexibility index (Phi) is 5.37. The lowest BCUT2D eigenvalue weighted by atomic mass is 10.1. The number of likely N-dealkylation sites (tertiary alicyclic amines) is 1. The Bertz CT molecular complexity index is 495. The Morgan fingerprint density at radius 3 is 2.62 bits per heavy atom. The van der Waals surface area contributed by atoms with Crippen molar-refractivity contribution in [3.8, 4) is 0 Å². The molecule has 0 aliphatic carbocycles. The van der Waals surface area contributed by atoms with Gasteiger partial charge < -0.3 is 10.0 Å². The van der Waals surface area contributed by atoms with Crippen molar-refractivity contribution in [2.75, 3.05) is 13.1 Å². The molecule has 0 aromatic heterocycles. The molecule has 114 valence electrons. The van der Waals surface area contributed by atoms with Crippen molar-refractivity contribution in [1.29, 1.82) is 0 Å². The van der Waals surface area contributed by atoms with Crippen molar-refractivity contribution in [1.82, 2.24) is 4.90 Å². The van der Waals surface area contributed by atoms with E-state index < -0.39 is 5.97 Å². The number of unbranched alkanes of at least 4 members (excludes halogenated alkanes) is 1. The molecule has 1 saturated heterocycles. The van der Waals surface area contributed by atoms with Crippen molar-refractivity contribution in [3.63, 3.8) is 0 Å². The number of amides is 1. The molecule has 1 atom stereocenters. The van der Waals surface area contributed by atoms with E-state index in [4.69, 9.17) is 5.11 Å². The van der Waals surface area contributed by atoms with E-state index in [2.05, 4.69) is 6.92 Å². The van der Waals surface area contributed by atoms with Crippen molar-refractivity contribution >= 4 is 11.9 Å². The summed E-state index contributed by atoms with van der Waals surface area (Å²) in [5.41, 5.74) is 1.96. The molecule has 1 aliphatic rings. The maximum atomic E-state index is 12.4. The van der Waals surface area contributed by atoms with Crippen LogP contribution in [0.25, 0.3) is 0 Å². The molecule has 1 unspecified atom stereocenters. The van der Waals surface area contributed by atoms with Gasteiger partial charge in [-0.15, -0.1) is 0 Å². The molecule has 1 amide bonds. The number of aryl methyl sites for hydroxylation is 1. The van der Waals surface area contributed by atoms with E-state index in [1.165, 1.54) is 12.0 Å². The van der Waals surface area contributed by atoms with Crippen LogP contribution in [0.15, 0.2) is 24.3 Å². The number of aliphatic carboxylic acids is 1. The van der Waals surface area contributed by atoms with Gasteiger partial charge in [-0.1, -0.05) is 25.5 Å². The van der Waals surface area contributed by atoms with Crippen LogP contribution in [0.5, 0.6) is 0 Å². The first-order valence-corrected chi connectivity index (χ1v) is 7.70. The monoisotopic (exact) mass is 289 g/mol. The third-order valence-electron chi connectivity index (χ3n) is 4.06. The molecule has 1 aromatic carbocycles. The molecule has 0 spiro atoms. The average Bonchev–Trinajstić information content (AvgIpc) is 2.92. The van der Waals surface area contributed by atoms with Crippen LogP contribution in [0.1, 0.15) is 48.5 Å². The number of benzene rings is 1. The third kappa shape index (κ3) is 4.31. The van der Waals surface area contributed by atoms with E-state index in [0.717, 1.165) is 19.3 Å². The normalized spacial score (nSPS) is 18.0. The first-order chi connectivity index (χ1) is 10.1. The molecule has 4 heteroatoms. The maximum absolute atomic E-state index is 12.4. The summed E-state index contributed by atoms with van der Waals surface area (Å²) in [6.07, 6.45) is 4.32. The molecule has 0 radical (unpaired) electrons. The molecule has 1 N–H and O–H groups in total. The number of carbonyl (C=O) groups is 2. The van der Waals surface area contributed by atoms with Gasteiger partial charge in [-0.25, -0.2) is 0 Å². The molecule has 1 fully saturated rings. The fourth-order valence-electron chi connectivity index (χ4n) is 2.81. The Morgan fingerprint density at radius 1 is 1.29 bits per heavy atom. The summed E-state index contributed by atoms with van der Waals surface area (Å²) >= 11 is 0. The molecule has 1 aliphatic heterocycles. The molecule has 1 aromatic rings. The van der Waals surface area contributed by atoms with Gasteiger partial charge in [0.1, 0.15) is 0 Å². The molecular formula is C17H23NO3. The second kappa shape index (κ2) is 7.25. The van der Waals surface area contributed by atoms with Crippen LogP contribution in [-0.2, 0) is 11.2 Å². The van der Waals surface area contributed by atoms with E-state index in [1.807, 2.05) is 24.3 Å². The summed E-state index contributed by atoms with van der Waals surface area (Å²) in [4.78, 5) is 24.9. The second-order valence-electron chi connectivity index (χ2n) is 5.80. The summed E-state index contributed by atoms with van der Waals surface area (Å²) < 4.78 is 0. The number of carboxylic acid groups (broad SMARTS) is 1. The fraction of sp³-hybridized carbons (Fsp3) is 0.529. The summed E-state index contributed by atoms with van der Waals surface area (Å²) in [6, 6.07) is 7.82. The van der Waals surface area contributed by atoms with Crippen LogP contribution >= 0.6 is 0 Å². The van der Waals surface area contributed by atoms with Crippen molar-refractivity contribution in [3.05, 3.63) is 35.4 Å². The van der Waals surface area contributed by atoms with Gasteiger partial charge >= 0.3 is 5.97 Å². The summed E-state index contributed by atoms with van der Waals surface area (Å²) in [7, 11) is 0.